The maximum absolute atomic E-state index is 2.53. The second-order valence-corrected chi connectivity index (χ2v) is 20.1. The first-order chi connectivity index (χ1) is 36.3. The predicted octanol–water partition coefficient (Wildman–Crippen LogP) is 19.7. The van der Waals surface area contributed by atoms with Crippen LogP contribution in [0, 0.1) is 0 Å². The van der Waals surface area contributed by atoms with E-state index in [0.717, 1.165) is 28.2 Å². The number of anilines is 3. The molecule has 14 rings (SSSR count). The number of nitrogens with zero attached hydrogens (tertiary/aromatic N) is 1. The van der Waals surface area contributed by atoms with Gasteiger partial charge in [-0.3, -0.25) is 0 Å². The van der Waals surface area contributed by atoms with Crippen molar-refractivity contribution >= 4 is 59.3 Å². The Kier molecular flexibility index (Phi) is 10.3. The van der Waals surface area contributed by atoms with Gasteiger partial charge in [-0.2, -0.15) is 0 Å². The van der Waals surface area contributed by atoms with Crippen molar-refractivity contribution in [2.75, 3.05) is 4.90 Å². The summed E-state index contributed by atoms with van der Waals surface area (Å²) in [5.41, 5.74) is 19.9. The van der Waals surface area contributed by atoms with Gasteiger partial charge in [0.05, 0.1) is 16.8 Å². The van der Waals surface area contributed by atoms with E-state index in [-0.39, 0.29) is 0 Å². The van der Waals surface area contributed by atoms with E-state index in [1.54, 1.807) is 0 Å². The Morgan fingerprint density at radius 3 is 1.55 bits per heavy atom. The molecule has 0 fully saturated rings. The second kappa shape index (κ2) is 17.6. The molecule has 0 saturated carbocycles. The van der Waals surface area contributed by atoms with Gasteiger partial charge in [0, 0.05) is 37.0 Å². The minimum Gasteiger partial charge on any atom is -0.309 e. The van der Waals surface area contributed by atoms with Crippen LogP contribution >= 0.6 is 11.3 Å². The van der Waals surface area contributed by atoms with Crippen molar-refractivity contribution in [2.24, 2.45) is 0 Å². The molecule has 12 aromatic carbocycles. The normalized spacial score (nSPS) is 12.5. The molecule has 73 heavy (non-hydrogen) atoms. The van der Waals surface area contributed by atoms with Crippen LogP contribution in [0.2, 0.25) is 0 Å². The Bertz CT molecular complexity index is 4160. The Labute approximate surface area is 430 Å². The first-order valence-corrected chi connectivity index (χ1v) is 26.0. The highest BCUT2D eigenvalue weighted by molar-refractivity contribution is 7.26. The number of fused-ring (bicyclic) bond motifs is 7. The summed E-state index contributed by atoms with van der Waals surface area (Å²) in [5.74, 6) is 0. The van der Waals surface area contributed by atoms with E-state index in [2.05, 4.69) is 290 Å². The molecule has 0 atom stereocenters. The first kappa shape index (κ1) is 42.8. The number of hydrogen-bond donors (Lipinski definition) is 0. The summed E-state index contributed by atoms with van der Waals surface area (Å²) in [7, 11) is 0. The summed E-state index contributed by atoms with van der Waals surface area (Å²) < 4.78 is 2.60. The SMILES string of the molecule is c1ccc(-c2cccc3cccc(-c4ccccc4N(c4cccc(-c5cccc6c5sc5ccccc56)c4)c4ccccc4-c4cccc5c4-c4ccccc4C5(c4ccccc4)c4ccccc4)c23)cc1. The van der Waals surface area contributed by atoms with Crippen LogP contribution in [0.4, 0.5) is 17.1 Å². The van der Waals surface area contributed by atoms with Crippen LogP contribution in [-0.2, 0) is 5.41 Å². The summed E-state index contributed by atoms with van der Waals surface area (Å²) in [4.78, 5) is 2.53. The molecule has 0 saturated heterocycles. The van der Waals surface area contributed by atoms with Crippen molar-refractivity contribution in [1.29, 1.82) is 0 Å². The smallest absolute Gasteiger partial charge is 0.0713 e. The van der Waals surface area contributed by atoms with Crippen molar-refractivity contribution in [2.45, 2.75) is 5.41 Å². The number of para-hydroxylation sites is 2. The second-order valence-electron chi connectivity index (χ2n) is 19.0. The fourth-order valence-electron chi connectivity index (χ4n) is 12.1. The topological polar surface area (TPSA) is 3.24 Å². The molecule has 1 aliphatic rings. The molecule has 0 unspecified atom stereocenters. The fraction of sp³-hybridized carbons (Fsp3) is 0.0141. The van der Waals surface area contributed by atoms with Gasteiger partial charge in [0.15, 0.2) is 0 Å². The predicted molar refractivity (Wildman–Crippen MR) is 311 cm³/mol. The molecule has 1 aromatic heterocycles. The van der Waals surface area contributed by atoms with Gasteiger partial charge in [-0.25, -0.2) is 0 Å². The van der Waals surface area contributed by atoms with Gasteiger partial charge in [0.1, 0.15) is 0 Å². The zero-order valence-corrected chi connectivity index (χ0v) is 40.8. The summed E-state index contributed by atoms with van der Waals surface area (Å²) >= 11 is 1.88. The van der Waals surface area contributed by atoms with Gasteiger partial charge in [-0.05, 0) is 108 Å². The third kappa shape index (κ3) is 6.83. The summed E-state index contributed by atoms with van der Waals surface area (Å²) in [6.07, 6.45) is 0. The average molecular weight is 946 g/mol. The van der Waals surface area contributed by atoms with E-state index in [1.165, 1.54) is 97.7 Å². The van der Waals surface area contributed by atoms with E-state index >= 15 is 0 Å². The molecule has 2 heteroatoms. The Hall–Kier alpha value is -9.08. The Morgan fingerprint density at radius 2 is 0.808 bits per heavy atom. The van der Waals surface area contributed by atoms with Gasteiger partial charge >= 0.3 is 0 Å². The van der Waals surface area contributed by atoms with Gasteiger partial charge < -0.3 is 4.90 Å². The molecular weight excluding hydrogens is 899 g/mol. The Morgan fingerprint density at radius 1 is 0.315 bits per heavy atom. The van der Waals surface area contributed by atoms with Gasteiger partial charge in [0.25, 0.3) is 0 Å². The van der Waals surface area contributed by atoms with Crippen LogP contribution < -0.4 is 4.90 Å². The summed E-state index contributed by atoms with van der Waals surface area (Å²) in [6.45, 7) is 0. The van der Waals surface area contributed by atoms with E-state index in [1.807, 2.05) is 11.3 Å². The lowest BCUT2D eigenvalue weighted by atomic mass is 9.67. The molecule has 0 amide bonds. The number of thiophene rings is 1. The third-order valence-corrected chi connectivity index (χ3v) is 16.4. The molecule has 1 nitrogen and oxygen atoms in total. The van der Waals surface area contributed by atoms with Crippen LogP contribution in [0.3, 0.4) is 0 Å². The molecular formula is C71H47NS. The molecule has 0 aliphatic heterocycles. The first-order valence-electron chi connectivity index (χ1n) is 25.2. The molecule has 342 valence electrons. The highest BCUT2D eigenvalue weighted by atomic mass is 32.1. The molecule has 1 aliphatic carbocycles. The van der Waals surface area contributed by atoms with Crippen molar-refractivity contribution in [3.05, 3.63) is 307 Å². The van der Waals surface area contributed by atoms with Gasteiger partial charge in [-0.1, -0.05) is 255 Å². The highest BCUT2D eigenvalue weighted by Gasteiger charge is 2.47. The minimum absolute atomic E-state index is 0.529. The fourth-order valence-corrected chi connectivity index (χ4v) is 13.4. The highest BCUT2D eigenvalue weighted by Crippen LogP contribution is 2.59. The lowest BCUT2D eigenvalue weighted by molar-refractivity contribution is 0.768. The Balaban J connectivity index is 1.04. The van der Waals surface area contributed by atoms with E-state index < -0.39 is 5.41 Å². The summed E-state index contributed by atoms with van der Waals surface area (Å²) in [5, 5.41) is 5.03. The monoisotopic (exact) mass is 945 g/mol. The number of rotatable bonds is 9. The van der Waals surface area contributed by atoms with Crippen LogP contribution in [0.5, 0.6) is 0 Å². The maximum atomic E-state index is 2.53. The standard InChI is InChI=1S/C71H47NS/c1-4-23-48(24-5-1)54-37-19-25-49-26-20-39-59(68(49)54)56-33-11-15-44-65(56)72(53-32-18-27-50(47-53)55-38-21-41-61-58-35-13-17-46-67(58)73-70(55)61)66-45-16-12-34-57(66)60-40-22-43-64-69(60)62-36-10-14-42-63(62)71(64,51-28-6-2-7-29-51)52-30-8-3-9-31-52/h1-47H. The van der Waals surface area contributed by atoms with Crippen LogP contribution in [0.15, 0.2) is 285 Å². The van der Waals surface area contributed by atoms with Gasteiger partial charge in [-0.15, -0.1) is 11.3 Å². The number of benzene rings is 12. The zero-order chi connectivity index (χ0) is 48.3. The molecule has 13 aromatic rings. The van der Waals surface area contributed by atoms with Crippen molar-refractivity contribution < 1.29 is 0 Å². The van der Waals surface area contributed by atoms with Crippen LogP contribution in [-0.4, -0.2) is 0 Å². The van der Waals surface area contributed by atoms with Crippen molar-refractivity contribution in [3.63, 3.8) is 0 Å². The quantitative estimate of drug-likeness (QED) is 0.139. The van der Waals surface area contributed by atoms with E-state index in [9.17, 15) is 0 Å². The largest absolute Gasteiger partial charge is 0.309 e. The zero-order valence-electron chi connectivity index (χ0n) is 40.0. The van der Waals surface area contributed by atoms with E-state index in [4.69, 9.17) is 0 Å². The third-order valence-electron chi connectivity index (χ3n) is 15.2. The van der Waals surface area contributed by atoms with Gasteiger partial charge in [0.2, 0.25) is 0 Å². The lowest BCUT2D eigenvalue weighted by Crippen LogP contribution is -2.28. The molecule has 0 radical (unpaired) electrons. The summed E-state index contributed by atoms with van der Waals surface area (Å²) in [6, 6.07) is 106. The minimum atomic E-state index is -0.529. The lowest BCUT2D eigenvalue weighted by Gasteiger charge is -2.34. The van der Waals surface area contributed by atoms with E-state index in [0.29, 0.717) is 0 Å². The molecule has 0 N–H and O–H groups in total. The molecule has 1 heterocycles. The van der Waals surface area contributed by atoms with Crippen LogP contribution in [0.1, 0.15) is 22.3 Å². The molecule has 0 bridgehead atoms. The van der Waals surface area contributed by atoms with Crippen molar-refractivity contribution in [3.8, 4) is 55.6 Å². The maximum Gasteiger partial charge on any atom is 0.0713 e. The van der Waals surface area contributed by atoms with Crippen molar-refractivity contribution in [1.82, 2.24) is 0 Å². The molecule has 0 spiro atoms. The average Bonchev–Trinajstić information content (AvgIpc) is 4.06. The van der Waals surface area contributed by atoms with Crippen LogP contribution in [0.25, 0.3) is 86.6 Å². The number of hydrogen-bond acceptors (Lipinski definition) is 2.